The first kappa shape index (κ1) is 13.9. The summed E-state index contributed by atoms with van der Waals surface area (Å²) in [4.78, 5) is 33.8. The van der Waals surface area contributed by atoms with Crippen LogP contribution in [0, 0.1) is 11.3 Å². The number of nitrogens with zero attached hydrogens (tertiary/aromatic N) is 1. The molecule has 1 N–H and O–H groups in total. The number of ketones is 1. The smallest absolute Gasteiger partial charge is 0.240 e. The molecule has 0 aliphatic heterocycles. The van der Waals surface area contributed by atoms with E-state index in [1.54, 1.807) is 6.07 Å². The molecule has 0 heterocycles. The van der Waals surface area contributed by atoms with Crippen molar-refractivity contribution in [3.63, 3.8) is 0 Å². The third-order valence-corrected chi connectivity index (χ3v) is 2.26. The third-order valence-electron chi connectivity index (χ3n) is 2.01. The van der Waals surface area contributed by atoms with Gasteiger partial charge in [0.15, 0.2) is 5.78 Å². The van der Waals surface area contributed by atoms with Crippen LogP contribution in [0.4, 0.5) is 0 Å². The number of amides is 2. The van der Waals surface area contributed by atoms with Gasteiger partial charge >= 0.3 is 0 Å². The second kappa shape index (κ2) is 6.52. The molecule has 0 aliphatic carbocycles. The second-order valence-corrected chi connectivity index (χ2v) is 3.85. The Bertz CT molecular complexity index is 517. The lowest BCUT2D eigenvalue weighted by molar-refractivity contribution is -0.129. The summed E-state index contributed by atoms with van der Waals surface area (Å²) in [5.74, 6) is -1.87. The number of nitriles is 1. The van der Waals surface area contributed by atoms with Gasteiger partial charge in [-0.05, 0) is 24.3 Å². The van der Waals surface area contributed by atoms with Crippen LogP contribution in [0.1, 0.15) is 23.2 Å². The second-order valence-electron chi connectivity index (χ2n) is 3.41. The van der Waals surface area contributed by atoms with Crippen molar-refractivity contribution in [2.75, 3.05) is 0 Å². The van der Waals surface area contributed by atoms with E-state index in [4.69, 9.17) is 16.9 Å². The molecular formula is C12H9ClN2O3. The Labute approximate surface area is 108 Å². The quantitative estimate of drug-likeness (QED) is 0.659. The highest BCUT2D eigenvalue weighted by molar-refractivity contribution is 6.30. The molecule has 6 heteroatoms. The molecule has 1 rings (SSSR count). The Hall–Kier alpha value is -2.19. The van der Waals surface area contributed by atoms with E-state index in [1.807, 2.05) is 5.32 Å². The fourth-order valence-electron chi connectivity index (χ4n) is 1.20. The number of carbonyl (C=O) groups is 3. The summed E-state index contributed by atoms with van der Waals surface area (Å²) in [6.07, 6.45) is -0.861. The highest BCUT2D eigenvalue weighted by atomic mass is 35.5. The fourth-order valence-corrected chi connectivity index (χ4v) is 1.33. The van der Waals surface area contributed by atoms with Crippen molar-refractivity contribution in [1.82, 2.24) is 5.32 Å². The minimum atomic E-state index is -0.727. The summed E-state index contributed by atoms with van der Waals surface area (Å²) in [5.41, 5.74) is 0.335. The van der Waals surface area contributed by atoms with Crippen LogP contribution in [0.5, 0.6) is 0 Å². The van der Waals surface area contributed by atoms with Gasteiger partial charge in [-0.15, -0.1) is 0 Å². The maximum atomic E-state index is 11.6. The number of nitrogens with one attached hydrogen (secondary N) is 1. The van der Waals surface area contributed by atoms with Gasteiger partial charge in [-0.1, -0.05) is 11.6 Å². The van der Waals surface area contributed by atoms with Crippen molar-refractivity contribution >= 4 is 29.2 Å². The molecule has 1 aromatic rings. The van der Waals surface area contributed by atoms with E-state index in [-0.39, 0.29) is 0 Å². The molecule has 0 bridgehead atoms. The SMILES string of the molecule is N#CCC(=O)NC(=O)CC(=O)c1ccc(Cl)cc1. The van der Waals surface area contributed by atoms with Gasteiger partial charge in [0.25, 0.3) is 0 Å². The summed E-state index contributed by atoms with van der Waals surface area (Å²) in [6, 6.07) is 7.66. The summed E-state index contributed by atoms with van der Waals surface area (Å²) >= 11 is 5.66. The normalized spacial score (nSPS) is 9.33. The standard InChI is InChI=1S/C12H9ClN2O3/c13-9-3-1-8(2-4-9)10(16)7-12(18)15-11(17)5-6-14/h1-4H,5,7H2,(H,15,17,18). The van der Waals surface area contributed by atoms with Crippen LogP contribution in [0.2, 0.25) is 5.02 Å². The van der Waals surface area contributed by atoms with Crippen molar-refractivity contribution < 1.29 is 14.4 Å². The van der Waals surface area contributed by atoms with Crippen molar-refractivity contribution in [3.05, 3.63) is 34.9 Å². The average Bonchev–Trinajstić information content (AvgIpc) is 2.29. The Morgan fingerprint density at radius 1 is 1.17 bits per heavy atom. The highest BCUT2D eigenvalue weighted by Gasteiger charge is 2.13. The van der Waals surface area contributed by atoms with Gasteiger partial charge in [-0.2, -0.15) is 5.26 Å². The lowest BCUT2D eigenvalue weighted by Gasteiger charge is -2.02. The molecule has 0 atom stereocenters. The molecule has 0 unspecified atom stereocenters. The van der Waals surface area contributed by atoms with Crippen LogP contribution in [-0.2, 0) is 9.59 Å². The lowest BCUT2D eigenvalue weighted by atomic mass is 10.1. The van der Waals surface area contributed by atoms with Gasteiger partial charge in [0.2, 0.25) is 11.8 Å². The van der Waals surface area contributed by atoms with E-state index >= 15 is 0 Å². The first-order valence-electron chi connectivity index (χ1n) is 5.01. The van der Waals surface area contributed by atoms with Gasteiger partial charge in [0.05, 0.1) is 12.5 Å². The van der Waals surface area contributed by atoms with Crippen LogP contribution >= 0.6 is 11.6 Å². The van der Waals surface area contributed by atoms with Crippen molar-refractivity contribution in [1.29, 1.82) is 5.26 Å². The molecule has 18 heavy (non-hydrogen) atoms. The Kier molecular flexibility index (Phi) is 5.03. The van der Waals surface area contributed by atoms with Gasteiger partial charge in [-0.3, -0.25) is 19.7 Å². The lowest BCUT2D eigenvalue weighted by Crippen LogP contribution is -2.31. The predicted octanol–water partition coefficient (Wildman–Crippen LogP) is 1.47. The third kappa shape index (κ3) is 4.36. The molecule has 1 aromatic carbocycles. The number of imide groups is 1. The molecule has 0 aromatic heterocycles. The van der Waals surface area contributed by atoms with Crippen LogP contribution < -0.4 is 5.32 Å². The topological polar surface area (TPSA) is 87.0 Å². The molecule has 92 valence electrons. The number of halogens is 1. The van der Waals surface area contributed by atoms with Gasteiger partial charge < -0.3 is 0 Å². The van der Waals surface area contributed by atoms with Gasteiger partial charge in [0, 0.05) is 10.6 Å². The molecule has 0 fully saturated rings. The van der Waals surface area contributed by atoms with E-state index in [1.165, 1.54) is 24.3 Å². The molecular weight excluding hydrogens is 256 g/mol. The first-order valence-corrected chi connectivity index (χ1v) is 5.39. The van der Waals surface area contributed by atoms with E-state index in [2.05, 4.69) is 0 Å². The zero-order chi connectivity index (χ0) is 13.5. The molecule has 0 saturated carbocycles. The Balaban J connectivity index is 2.55. The zero-order valence-electron chi connectivity index (χ0n) is 9.27. The molecule has 2 amide bonds. The minimum absolute atomic E-state index is 0.335. The number of hydrogen-bond acceptors (Lipinski definition) is 4. The van der Waals surface area contributed by atoms with E-state index in [9.17, 15) is 14.4 Å². The largest absolute Gasteiger partial charge is 0.295 e. The van der Waals surface area contributed by atoms with Gasteiger partial charge in [-0.25, -0.2) is 0 Å². The number of rotatable bonds is 4. The van der Waals surface area contributed by atoms with E-state index in [0.29, 0.717) is 10.6 Å². The molecule has 0 spiro atoms. The number of Topliss-reactive ketones (excluding diaryl/α,β-unsaturated/α-hetero) is 1. The zero-order valence-corrected chi connectivity index (χ0v) is 10.0. The summed E-state index contributed by atoms with van der Waals surface area (Å²) < 4.78 is 0. The summed E-state index contributed by atoms with van der Waals surface area (Å²) in [6.45, 7) is 0. The maximum Gasteiger partial charge on any atom is 0.240 e. The molecule has 0 aliphatic rings. The average molecular weight is 265 g/mol. The van der Waals surface area contributed by atoms with E-state index in [0.717, 1.165) is 0 Å². The first-order chi connectivity index (χ1) is 8.52. The highest BCUT2D eigenvalue weighted by Crippen LogP contribution is 2.11. The van der Waals surface area contributed by atoms with Crippen molar-refractivity contribution in [2.24, 2.45) is 0 Å². The predicted molar refractivity (Wildman–Crippen MR) is 63.8 cm³/mol. The van der Waals surface area contributed by atoms with Gasteiger partial charge in [0.1, 0.15) is 6.42 Å². The molecule has 0 saturated heterocycles. The van der Waals surface area contributed by atoms with Crippen LogP contribution in [0.3, 0.4) is 0 Å². The number of carbonyl (C=O) groups excluding carboxylic acids is 3. The fraction of sp³-hybridized carbons (Fsp3) is 0.167. The van der Waals surface area contributed by atoms with Crippen molar-refractivity contribution in [3.8, 4) is 6.07 Å². The minimum Gasteiger partial charge on any atom is -0.295 e. The Morgan fingerprint density at radius 2 is 1.78 bits per heavy atom. The van der Waals surface area contributed by atoms with Crippen LogP contribution in [-0.4, -0.2) is 17.6 Å². The maximum absolute atomic E-state index is 11.6. The Morgan fingerprint density at radius 3 is 2.33 bits per heavy atom. The number of benzene rings is 1. The summed E-state index contributed by atoms with van der Waals surface area (Å²) in [5, 5.41) is 10.7. The monoisotopic (exact) mass is 264 g/mol. The summed E-state index contributed by atoms with van der Waals surface area (Å²) in [7, 11) is 0. The van der Waals surface area contributed by atoms with Crippen LogP contribution in [0.15, 0.2) is 24.3 Å². The molecule has 0 radical (unpaired) electrons. The van der Waals surface area contributed by atoms with Crippen LogP contribution in [0.25, 0.3) is 0 Å². The number of hydrogen-bond donors (Lipinski definition) is 1. The van der Waals surface area contributed by atoms with Crippen molar-refractivity contribution in [2.45, 2.75) is 12.8 Å². The molecule has 5 nitrogen and oxygen atoms in total. The van der Waals surface area contributed by atoms with E-state index < -0.39 is 30.4 Å².